The normalized spacial score (nSPS) is 17.2. The van der Waals surface area contributed by atoms with Gasteiger partial charge in [0.25, 0.3) is 5.56 Å². The molecule has 1 fully saturated rings. The van der Waals surface area contributed by atoms with Crippen LogP contribution in [-0.2, 0) is 4.74 Å². The van der Waals surface area contributed by atoms with Crippen LogP contribution in [0.2, 0.25) is 0 Å². The van der Waals surface area contributed by atoms with Crippen molar-refractivity contribution in [3.05, 3.63) is 70.9 Å². The summed E-state index contributed by atoms with van der Waals surface area (Å²) in [5.41, 5.74) is 0.921. The van der Waals surface area contributed by atoms with Gasteiger partial charge in [0, 0.05) is 39.0 Å². The first-order valence-electron chi connectivity index (χ1n) is 10.6. The summed E-state index contributed by atoms with van der Waals surface area (Å²) in [5, 5.41) is 10.5. The van der Waals surface area contributed by atoms with E-state index < -0.39 is 0 Å². The maximum absolute atomic E-state index is 13.0. The Kier molecular flexibility index (Phi) is 5.35. The molecule has 2 atom stereocenters. The van der Waals surface area contributed by atoms with Gasteiger partial charge in [0.2, 0.25) is 0 Å². The summed E-state index contributed by atoms with van der Waals surface area (Å²) in [4.78, 5) is 34.8. The fourth-order valence-electron chi connectivity index (χ4n) is 3.88. The number of nitrogens with one attached hydrogen (secondary N) is 2. The molecule has 2 N–H and O–H groups in total. The number of hydrogen-bond acceptors (Lipinski definition) is 8. The highest BCUT2D eigenvalue weighted by atomic mass is 16.5. The van der Waals surface area contributed by atoms with Crippen LogP contribution in [0.15, 0.2) is 59.8 Å². The number of ketones is 1. The highest BCUT2D eigenvalue weighted by Gasteiger charge is 2.39. The van der Waals surface area contributed by atoms with Gasteiger partial charge in [-0.05, 0) is 36.6 Å². The molecular weight excluding hydrogens is 422 g/mol. The molecule has 0 aliphatic heterocycles. The van der Waals surface area contributed by atoms with Crippen molar-refractivity contribution in [1.82, 2.24) is 24.1 Å². The lowest BCUT2D eigenvalue weighted by atomic mass is 10.1. The van der Waals surface area contributed by atoms with Crippen LogP contribution in [0.4, 0.5) is 17.3 Å². The Labute approximate surface area is 189 Å². The van der Waals surface area contributed by atoms with Gasteiger partial charge in [-0.3, -0.25) is 14.2 Å². The van der Waals surface area contributed by atoms with E-state index in [1.807, 2.05) is 6.07 Å². The fraction of sp³-hybridized carbons (Fsp3) is 0.261. The van der Waals surface area contributed by atoms with E-state index in [1.165, 1.54) is 10.8 Å². The van der Waals surface area contributed by atoms with Gasteiger partial charge in [-0.2, -0.15) is 9.61 Å². The molecule has 10 nitrogen and oxygen atoms in total. The quantitative estimate of drug-likeness (QED) is 0.398. The van der Waals surface area contributed by atoms with E-state index in [1.54, 1.807) is 61.4 Å². The third-order valence-electron chi connectivity index (χ3n) is 5.74. The number of carbonyl (C=O) groups is 1. The summed E-state index contributed by atoms with van der Waals surface area (Å²) in [6, 6.07) is 10.5. The average molecular weight is 445 g/mol. The molecule has 0 aromatic carbocycles. The van der Waals surface area contributed by atoms with Gasteiger partial charge < -0.3 is 15.4 Å². The second kappa shape index (κ2) is 8.47. The molecule has 1 aliphatic carbocycles. The van der Waals surface area contributed by atoms with Gasteiger partial charge >= 0.3 is 0 Å². The summed E-state index contributed by atoms with van der Waals surface area (Å²) in [6.45, 7) is 0. The average Bonchev–Trinajstić information content (AvgIpc) is 3.45. The molecule has 10 heteroatoms. The molecule has 1 aliphatic rings. The van der Waals surface area contributed by atoms with E-state index in [4.69, 9.17) is 4.74 Å². The lowest BCUT2D eigenvalue weighted by molar-refractivity contribution is 0.0960. The van der Waals surface area contributed by atoms with Crippen molar-refractivity contribution in [2.45, 2.75) is 18.9 Å². The number of anilines is 3. The summed E-state index contributed by atoms with van der Waals surface area (Å²) in [6.07, 6.45) is 6.25. The molecule has 4 heterocycles. The third kappa shape index (κ3) is 3.96. The molecule has 0 spiro atoms. The van der Waals surface area contributed by atoms with E-state index in [-0.39, 0.29) is 23.4 Å². The minimum atomic E-state index is -0.270. The predicted octanol–water partition coefficient (Wildman–Crippen LogP) is 2.67. The molecular formula is C23H23N7O3. The molecule has 4 aromatic rings. The van der Waals surface area contributed by atoms with E-state index in [0.717, 1.165) is 6.42 Å². The molecule has 0 amide bonds. The second-order valence-electron chi connectivity index (χ2n) is 7.88. The second-order valence-corrected chi connectivity index (χ2v) is 7.88. The summed E-state index contributed by atoms with van der Waals surface area (Å²) >= 11 is 0. The minimum Gasteiger partial charge on any atom is -0.381 e. The van der Waals surface area contributed by atoms with Gasteiger partial charge in [0.1, 0.15) is 23.1 Å². The first-order chi connectivity index (χ1) is 16.1. The van der Waals surface area contributed by atoms with Gasteiger partial charge in [-0.25, -0.2) is 9.97 Å². The van der Waals surface area contributed by atoms with Gasteiger partial charge in [-0.1, -0.05) is 6.07 Å². The molecule has 4 aromatic heterocycles. The number of hydrogen-bond donors (Lipinski definition) is 2. The standard InChI is InChI=1S/C23H23N7O3/c1-24-21-12-19(27-16-6-5-9-29(23(16)32)20-7-3-4-8-25-20)28-22-15(13-26-30(21)22)17(31)10-14-11-18(14)33-2/h3-9,12-14,18,24H,10-11H2,1-2H3,(H,27,28)/t14-,18-/m0/s1. The zero-order valence-corrected chi connectivity index (χ0v) is 18.2. The number of ether oxygens (including phenoxy) is 1. The van der Waals surface area contributed by atoms with Crippen LogP contribution in [0.1, 0.15) is 23.2 Å². The van der Waals surface area contributed by atoms with E-state index in [9.17, 15) is 9.59 Å². The minimum absolute atomic E-state index is 0.0292. The van der Waals surface area contributed by atoms with Crippen LogP contribution in [0.3, 0.4) is 0 Å². The van der Waals surface area contributed by atoms with Crippen LogP contribution < -0.4 is 16.2 Å². The number of aromatic nitrogens is 5. The molecule has 0 unspecified atom stereocenters. The van der Waals surface area contributed by atoms with Crippen molar-refractivity contribution in [2.75, 3.05) is 24.8 Å². The molecule has 5 rings (SSSR count). The van der Waals surface area contributed by atoms with Crippen LogP contribution >= 0.6 is 0 Å². The Bertz CT molecular complexity index is 1380. The van der Waals surface area contributed by atoms with Crippen molar-refractivity contribution in [3.8, 4) is 5.82 Å². The predicted molar refractivity (Wildman–Crippen MR) is 124 cm³/mol. The van der Waals surface area contributed by atoms with Crippen LogP contribution in [0, 0.1) is 5.92 Å². The number of fused-ring (bicyclic) bond motifs is 1. The number of rotatable bonds is 8. The SMILES string of the molecule is CNc1cc(Nc2cccn(-c3ccccn3)c2=O)nc2c(C(=O)C[C@H]3C[C@@H]3OC)cnn12. The first-order valence-corrected chi connectivity index (χ1v) is 10.6. The Morgan fingerprint density at radius 1 is 1.27 bits per heavy atom. The maximum Gasteiger partial charge on any atom is 0.279 e. The molecule has 1 saturated carbocycles. The number of carbonyl (C=O) groups excluding carboxylic acids is 1. The lowest BCUT2D eigenvalue weighted by Crippen LogP contribution is -2.21. The molecule has 0 radical (unpaired) electrons. The molecule has 33 heavy (non-hydrogen) atoms. The zero-order chi connectivity index (χ0) is 22.9. The number of methoxy groups -OCH3 is 1. The highest BCUT2D eigenvalue weighted by Crippen LogP contribution is 2.37. The van der Waals surface area contributed by atoms with Crippen LogP contribution in [0.25, 0.3) is 11.5 Å². The van der Waals surface area contributed by atoms with Crippen molar-refractivity contribution >= 4 is 28.8 Å². The first kappa shape index (κ1) is 20.8. The Balaban J connectivity index is 1.49. The number of nitrogens with zero attached hydrogens (tertiary/aromatic N) is 5. The van der Waals surface area contributed by atoms with Gasteiger partial charge in [-0.15, -0.1) is 0 Å². The lowest BCUT2D eigenvalue weighted by Gasteiger charge is -2.11. The Morgan fingerprint density at radius 2 is 2.15 bits per heavy atom. The van der Waals surface area contributed by atoms with E-state index >= 15 is 0 Å². The zero-order valence-electron chi connectivity index (χ0n) is 18.2. The Hall–Kier alpha value is -4.05. The smallest absolute Gasteiger partial charge is 0.279 e. The van der Waals surface area contributed by atoms with Crippen molar-refractivity contribution < 1.29 is 9.53 Å². The summed E-state index contributed by atoms with van der Waals surface area (Å²) < 4.78 is 8.34. The largest absolute Gasteiger partial charge is 0.381 e. The molecule has 0 bridgehead atoms. The number of pyridine rings is 2. The molecule has 0 saturated heterocycles. The van der Waals surface area contributed by atoms with Crippen molar-refractivity contribution in [3.63, 3.8) is 0 Å². The highest BCUT2D eigenvalue weighted by molar-refractivity contribution is 6.02. The monoisotopic (exact) mass is 445 g/mol. The van der Waals surface area contributed by atoms with Crippen molar-refractivity contribution in [1.29, 1.82) is 0 Å². The molecule has 168 valence electrons. The van der Waals surface area contributed by atoms with E-state index in [0.29, 0.717) is 40.8 Å². The number of Topliss-reactive ketones (excluding diaryl/α,β-unsaturated/α-hetero) is 1. The maximum atomic E-state index is 13.0. The topological polar surface area (TPSA) is 115 Å². The van der Waals surface area contributed by atoms with Crippen LogP contribution in [0.5, 0.6) is 0 Å². The Morgan fingerprint density at radius 3 is 2.88 bits per heavy atom. The third-order valence-corrected chi connectivity index (χ3v) is 5.74. The van der Waals surface area contributed by atoms with Gasteiger partial charge in [0.15, 0.2) is 11.4 Å². The summed E-state index contributed by atoms with van der Waals surface area (Å²) in [5.74, 6) is 1.76. The van der Waals surface area contributed by atoms with E-state index in [2.05, 4.69) is 25.7 Å². The summed E-state index contributed by atoms with van der Waals surface area (Å²) in [7, 11) is 3.42. The van der Waals surface area contributed by atoms with Gasteiger partial charge in [0.05, 0.1) is 17.9 Å². The fourth-order valence-corrected chi connectivity index (χ4v) is 3.88. The van der Waals surface area contributed by atoms with Crippen molar-refractivity contribution in [2.24, 2.45) is 5.92 Å². The van der Waals surface area contributed by atoms with Crippen LogP contribution in [-0.4, -0.2) is 50.2 Å².